The van der Waals surface area contributed by atoms with Gasteiger partial charge in [-0.2, -0.15) is 0 Å². The molecule has 0 atom stereocenters. The van der Waals surface area contributed by atoms with Crippen LogP contribution < -0.4 is 4.74 Å². The lowest BCUT2D eigenvalue weighted by molar-refractivity contribution is -0.0704. The highest BCUT2D eigenvalue weighted by atomic mass is 16.5. The average Bonchev–Trinajstić information content (AvgIpc) is 2.35. The van der Waals surface area contributed by atoms with Gasteiger partial charge in [0.1, 0.15) is 5.75 Å². The molecule has 0 unspecified atom stereocenters. The van der Waals surface area contributed by atoms with Crippen molar-refractivity contribution in [2.75, 3.05) is 14.2 Å². The molecule has 3 nitrogen and oxygen atoms in total. The van der Waals surface area contributed by atoms with Crippen LogP contribution in [0.25, 0.3) is 0 Å². The Hall–Kier alpha value is -1.35. The maximum atomic E-state index is 12.5. The molecule has 104 valence electrons. The van der Waals surface area contributed by atoms with Crippen LogP contribution >= 0.6 is 0 Å². The van der Waals surface area contributed by atoms with E-state index in [0.717, 1.165) is 41.7 Å². The number of rotatable bonds is 5. The molecule has 0 spiro atoms. The second kappa shape index (κ2) is 5.33. The second-order valence-corrected chi connectivity index (χ2v) is 5.48. The van der Waals surface area contributed by atoms with Gasteiger partial charge in [0.25, 0.3) is 0 Å². The molecular formula is C16H22O3. The fraction of sp³-hybridized carbons (Fsp3) is 0.562. The summed E-state index contributed by atoms with van der Waals surface area (Å²) in [6.07, 6.45) is 3.62. The number of hydrogen-bond acceptors (Lipinski definition) is 3. The zero-order chi connectivity index (χ0) is 14.0. The smallest absolute Gasteiger partial charge is 0.166 e. The molecule has 1 saturated carbocycles. The molecule has 0 aliphatic heterocycles. The number of carbonyl (C=O) groups excluding carboxylic acids is 1. The molecule has 0 amide bonds. The zero-order valence-electron chi connectivity index (χ0n) is 12.2. The lowest BCUT2D eigenvalue weighted by Gasteiger charge is -2.40. The Morgan fingerprint density at radius 2 is 1.89 bits per heavy atom. The van der Waals surface area contributed by atoms with Gasteiger partial charge in [0.15, 0.2) is 5.78 Å². The topological polar surface area (TPSA) is 35.5 Å². The van der Waals surface area contributed by atoms with E-state index in [-0.39, 0.29) is 11.4 Å². The summed E-state index contributed by atoms with van der Waals surface area (Å²) >= 11 is 0. The third-order valence-electron chi connectivity index (χ3n) is 4.22. The fourth-order valence-corrected chi connectivity index (χ4v) is 2.72. The van der Waals surface area contributed by atoms with Gasteiger partial charge in [0, 0.05) is 19.1 Å². The molecule has 1 fully saturated rings. The number of Topliss-reactive ketones (excluding diaryl/α,β-unsaturated/α-hetero) is 1. The molecule has 0 bridgehead atoms. The van der Waals surface area contributed by atoms with Crippen LogP contribution in [0.15, 0.2) is 12.1 Å². The molecule has 1 aliphatic carbocycles. The largest absolute Gasteiger partial charge is 0.496 e. The minimum atomic E-state index is -0.211. The van der Waals surface area contributed by atoms with Crippen LogP contribution in [-0.4, -0.2) is 25.6 Å². The van der Waals surface area contributed by atoms with Gasteiger partial charge >= 0.3 is 0 Å². The van der Waals surface area contributed by atoms with Crippen molar-refractivity contribution in [2.45, 2.75) is 45.1 Å². The maximum absolute atomic E-state index is 12.5. The van der Waals surface area contributed by atoms with Crippen molar-refractivity contribution in [3.05, 3.63) is 28.8 Å². The molecule has 1 aromatic rings. The summed E-state index contributed by atoms with van der Waals surface area (Å²) in [7, 11) is 3.36. The second-order valence-electron chi connectivity index (χ2n) is 5.48. The highest BCUT2D eigenvalue weighted by molar-refractivity contribution is 5.98. The molecule has 0 aromatic heterocycles. The Bertz CT molecular complexity index is 482. The molecule has 0 heterocycles. The fourth-order valence-electron chi connectivity index (χ4n) is 2.72. The highest BCUT2D eigenvalue weighted by Crippen LogP contribution is 2.39. The molecule has 1 aromatic carbocycles. The van der Waals surface area contributed by atoms with Crippen LogP contribution in [0.3, 0.4) is 0 Å². The van der Waals surface area contributed by atoms with Crippen molar-refractivity contribution in [1.82, 2.24) is 0 Å². The summed E-state index contributed by atoms with van der Waals surface area (Å²) in [4.78, 5) is 12.5. The van der Waals surface area contributed by atoms with Gasteiger partial charge in [0.05, 0.1) is 12.7 Å². The molecule has 0 N–H and O–H groups in total. The van der Waals surface area contributed by atoms with Gasteiger partial charge in [-0.3, -0.25) is 4.79 Å². The summed E-state index contributed by atoms with van der Waals surface area (Å²) in [5, 5.41) is 0. The standard InChI is InChI=1S/C16H22O3/c1-11-9-15(18-3)12(2)8-13(11)14(17)10-16(19-4)6-5-7-16/h8-9H,5-7,10H2,1-4H3. The molecule has 0 saturated heterocycles. The SMILES string of the molecule is COc1cc(C)c(C(=O)CC2(OC)CCC2)cc1C. The summed E-state index contributed by atoms with van der Waals surface area (Å²) in [5.41, 5.74) is 2.55. The summed E-state index contributed by atoms with van der Waals surface area (Å²) < 4.78 is 10.8. The van der Waals surface area contributed by atoms with Crippen molar-refractivity contribution in [3.8, 4) is 5.75 Å². The van der Waals surface area contributed by atoms with Crippen LogP contribution in [-0.2, 0) is 4.74 Å². The number of carbonyl (C=O) groups is 1. The molecular weight excluding hydrogens is 240 g/mol. The summed E-state index contributed by atoms with van der Waals surface area (Å²) in [6, 6.07) is 3.86. The van der Waals surface area contributed by atoms with Gasteiger partial charge in [0.2, 0.25) is 0 Å². The van der Waals surface area contributed by atoms with Crippen molar-refractivity contribution in [1.29, 1.82) is 0 Å². The Morgan fingerprint density at radius 1 is 1.21 bits per heavy atom. The van der Waals surface area contributed by atoms with E-state index in [1.807, 2.05) is 26.0 Å². The first-order valence-corrected chi connectivity index (χ1v) is 6.75. The number of ketones is 1. The van der Waals surface area contributed by atoms with Gasteiger partial charge in [-0.25, -0.2) is 0 Å². The van der Waals surface area contributed by atoms with Gasteiger partial charge in [-0.15, -0.1) is 0 Å². The molecule has 1 aliphatic rings. The van der Waals surface area contributed by atoms with E-state index in [1.165, 1.54) is 0 Å². The lowest BCUT2D eigenvalue weighted by atomic mass is 9.75. The predicted molar refractivity (Wildman–Crippen MR) is 75.0 cm³/mol. The van der Waals surface area contributed by atoms with E-state index >= 15 is 0 Å². The number of ether oxygens (including phenoxy) is 2. The zero-order valence-corrected chi connectivity index (χ0v) is 12.2. The highest BCUT2D eigenvalue weighted by Gasteiger charge is 2.39. The minimum Gasteiger partial charge on any atom is -0.496 e. The first-order chi connectivity index (χ1) is 9.01. The van der Waals surface area contributed by atoms with Crippen molar-refractivity contribution < 1.29 is 14.3 Å². The number of hydrogen-bond donors (Lipinski definition) is 0. The molecule has 0 radical (unpaired) electrons. The van der Waals surface area contributed by atoms with Gasteiger partial charge < -0.3 is 9.47 Å². The van der Waals surface area contributed by atoms with Gasteiger partial charge in [-0.1, -0.05) is 0 Å². The van der Waals surface area contributed by atoms with Crippen LogP contribution in [0.4, 0.5) is 0 Å². The average molecular weight is 262 g/mol. The molecule has 3 heteroatoms. The van der Waals surface area contributed by atoms with E-state index in [0.29, 0.717) is 6.42 Å². The Morgan fingerprint density at radius 3 is 2.37 bits per heavy atom. The first kappa shape index (κ1) is 14.1. The Balaban J connectivity index is 2.22. The maximum Gasteiger partial charge on any atom is 0.166 e. The third kappa shape index (κ3) is 2.66. The van der Waals surface area contributed by atoms with E-state index in [4.69, 9.17) is 9.47 Å². The summed E-state index contributed by atoms with van der Waals surface area (Å²) in [5.74, 6) is 1.00. The van der Waals surface area contributed by atoms with Crippen LogP contribution in [0.2, 0.25) is 0 Å². The monoisotopic (exact) mass is 262 g/mol. The van der Waals surface area contributed by atoms with Crippen LogP contribution in [0.1, 0.15) is 47.2 Å². The quantitative estimate of drug-likeness (QED) is 0.762. The number of aryl methyl sites for hydroxylation is 2. The molecule has 2 rings (SSSR count). The van der Waals surface area contributed by atoms with Crippen LogP contribution in [0.5, 0.6) is 5.75 Å². The number of methoxy groups -OCH3 is 2. The third-order valence-corrected chi connectivity index (χ3v) is 4.22. The van der Waals surface area contributed by atoms with Crippen molar-refractivity contribution in [2.24, 2.45) is 0 Å². The van der Waals surface area contributed by atoms with E-state index in [9.17, 15) is 4.79 Å². The minimum absolute atomic E-state index is 0.171. The van der Waals surface area contributed by atoms with E-state index < -0.39 is 0 Å². The lowest BCUT2D eigenvalue weighted by Crippen LogP contribution is -2.41. The van der Waals surface area contributed by atoms with Gasteiger partial charge in [-0.05, 0) is 56.4 Å². The Kier molecular flexibility index (Phi) is 3.95. The van der Waals surface area contributed by atoms with Crippen molar-refractivity contribution >= 4 is 5.78 Å². The van der Waals surface area contributed by atoms with E-state index in [1.54, 1.807) is 14.2 Å². The normalized spacial score (nSPS) is 16.8. The van der Waals surface area contributed by atoms with Crippen LogP contribution in [0, 0.1) is 13.8 Å². The number of benzene rings is 1. The molecule has 19 heavy (non-hydrogen) atoms. The first-order valence-electron chi connectivity index (χ1n) is 6.75. The summed E-state index contributed by atoms with van der Waals surface area (Å²) in [6.45, 7) is 3.92. The Labute approximate surface area is 114 Å². The van der Waals surface area contributed by atoms with Crippen molar-refractivity contribution in [3.63, 3.8) is 0 Å². The van der Waals surface area contributed by atoms with E-state index in [2.05, 4.69) is 0 Å². The predicted octanol–water partition coefficient (Wildman–Crippen LogP) is 3.45.